The maximum Gasteiger partial charge on any atom is 0.321 e. The van der Waals surface area contributed by atoms with Crippen molar-refractivity contribution in [3.63, 3.8) is 0 Å². The van der Waals surface area contributed by atoms with Crippen LogP contribution in [0.1, 0.15) is 26.3 Å². The Kier molecular flexibility index (Phi) is 5.91. The molecule has 0 saturated heterocycles. The summed E-state index contributed by atoms with van der Waals surface area (Å²) < 4.78 is 0. The molecule has 0 aromatic carbocycles. The fourth-order valence-corrected chi connectivity index (χ4v) is 1.51. The minimum atomic E-state index is -0.0484. The lowest BCUT2D eigenvalue weighted by Gasteiger charge is -2.20. The summed E-state index contributed by atoms with van der Waals surface area (Å²) in [6, 6.07) is 3.90. The standard InChI is InChI=1S/C14H21N3O/c1-4-17(14(18)16-11-12(2)3)10-7-13-5-8-15-9-6-13/h5-6,8-9,11H,4,7,10H2,1-3H3,(H,16,18). The van der Waals surface area contributed by atoms with Crippen LogP contribution in [0.2, 0.25) is 0 Å². The van der Waals surface area contributed by atoms with Crippen LogP contribution in [0, 0.1) is 0 Å². The van der Waals surface area contributed by atoms with Crippen molar-refractivity contribution in [1.29, 1.82) is 0 Å². The second-order valence-electron chi connectivity index (χ2n) is 4.36. The highest BCUT2D eigenvalue weighted by Crippen LogP contribution is 2.00. The number of hydrogen-bond donors (Lipinski definition) is 1. The fourth-order valence-electron chi connectivity index (χ4n) is 1.51. The van der Waals surface area contributed by atoms with E-state index in [9.17, 15) is 4.79 Å². The van der Waals surface area contributed by atoms with Gasteiger partial charge in [-0.3, -0.25) is 4.98 Å². The highest BCUT2D eigenvalue weighted by molar-refractivity contribution is 5.75. The molecule has 0 spiro atoms. The largest absolute Gasteiger partial charge is 0.324 e. The van der Waals surface area contributed by atoms with Crippen molar-refractivity contribution in [2.45, 2.75) is 27.2 Å². The summed E-state index contributed by atoms with van der Waals surface area (Å²) in [6.07, 6.45) is 6.12. The van der Waals surface area contributed by atoms with E-state index in [0.29, 0.717) is 13.1 Å². The number of pyridine rings is 1. The highest BCUT2D eigenvalue weighted by Gasteiger charge is 2.09. The van der Waals surface area contributed by atoms with E-state index >= 15 is 0 Å². The Morgan fingerprint density at radius 1 is 1.39 bits per heavy atom. The third-order valence-electron chi connectivity index (χ3n) is 2.57. The molecule has 1 N–H and O–H groups in total. The summed E-state index contributed by atoms with van der Waals surface area (Å²) in [7, 11) is 0. The zero-order valence-electron chi connectivity index (χ0n) is 11.3. The Hall–Kier alpha value is -1.84. The summed E-state index contributed by atoms with van der Waals surface area (Å²) in [4.78, 5) is 17.6. The smallest absolute Gasteiger partial charge is 0.321 e. The van der Waals surface area contributed by atoms with Crippen molar-refractivity contribution in [3.8, 4) is 0 Å². The minimum absolute atomic E-state index is 0.0484. The molecule has 1 aromatic rings. The molecule has 1 aromatic heterocycles. The third kappa shape index (κ3) is 4.99. The monoisotopic (exact) mass is 247 g/mol. The lowest BCUT2D eigenvalue weighted by atomic mass is 10.2. The predicted octanol–water partition coefficient (Wildman–Crippen LogP) is 2.58. The van der Waals surface area contributed by atoms with E-state index in [1.54, 1.807) is 23.5 Å². The molecule has 1 heterocycles. The molecule has 0 aliphatic rings. The average molecular weight is 247 g/mol. The Bertz CT molecular complexity index is 397. The van der Waals surface area contributed by atoms with Crippen molar-refractivity contribution in [3.05, 3.63) is 41.9 Å². The van der Waals surface area contributed by atoms with Gasteiger partial charge in [-0.05, 0) is 44.9 Å². The molecule has 98 valence electrons. The van der Waals surface area contributed by atoms with Crippen LogP contribution < -0.4 is 5.32 Å². The summed E-state index contributed by atoms with van der Waals surface area (Å²) >= 11 is 0. The van der Waals surface area contributed by atoms with Gasteiger partial charge in [0.15, 0.2) is 0 Å². The molecular formula is C14H21N3O. The molecule has 0 bridgehead atoms. The van der Waals surface area contributed by atoms with Crippen LogP contribution >= 0.6 is 0 Å². The quantitative estimate of drug-likeness (QED) is 0.869. The lowest BCUT2D eigenvalue weighted by Crippen LogP contribution is -2.38. The second kappa shape index (κ2) is 7.48. The van der Waals surface area contributed by atoms with Gasteiger partial charge in [0.25, 0.3) is 0 Å². The molecule has 18 heavy (non-hydrogen) atoms. The summed E-state index contributed by atoms with van der Waals surface area (Å²) in [5, 5.41) is 2.78. The zero-order chi connectivity index (χ0) is 13.4. The molecule has 0 aliphatic carbocycles. The Morgan fingerprint density at radius 2 is 2.06 bits per heavy atom. The molecule has 4 heteroatoms. The lowest BCUT2D eigenvalue weighted by molar-refractivity contribution is 0.205. The van der Waals surface area contributed by atoms with E-state index in [-0.39, 0.29) is 6.03 Å². The molecule has 0 fully saturated rings. The summed E-state index contributed by atoms with van der Waals surface area (Å²) in [5.41, 5.74) is 2.27. The first-order chi connectivity index (χ1) is 8.63. The van der Waals surface area contributed by atoms with E-state index in [2.05, 4.69) is 10.3 Å². The molecule has 0 unspecified atom stereocenters. The highest BCUT2D eigenvalue weighted by atomic mass is 16.2. The van der Waals surface area contributed by atoms with E-state index in [4.69, 9.17) is 0 Å². The second-order valence-corrected chi connectivity index (χ2v) is 4.36. The van der Waals surface area contributed by atoms with E-state index in [1.165, 1.54) is 5.56 Å². The van der Waals surface area contributed by atoms with Gasteiger partial charge in [-0.25, -0.2) is 4.79 Å². The van der Waals surface area contributed by atoms with Gasteiger partial charge in [-0.1, -0.05) is 5.57 Å². The topological polar surface area (TPSA) is 45.2 Å². The number of carbonyl (C=O) groups is 1. The van der Waals surface area contributed by atoms with Crippen LogP contribution in [0.25, 0.3) is 0 Å². The van der Waals surface area contributed by atoms with E-state index in [1.807, 2.05) is 32.9 Å². The first kappa shape index (κ1) is 14.2. The van der Waals surface area contributed by atoms with Crippen molar-refractivity contribution >= 4 is 6.03 Å². The number of nitrogens with one attached hydrogen (secondary N) is 1. The van der Waals surface area contributed by atoms with Gasteiger partial charge < -0.3 is 10.2 Å². The number of likely N-dealkylation sites (N-methyl/N-ethyl adjacent to an activating group) is 1. The van der Waals surface area contributed by atoms with Gasteiger partial charge in [0, 0.05) is 31.7 Å². The maximum atomic E-state index is 11.9. The van der Waals surface area contributed by atoms with Crippen LogP contribution in [0.15, 0.2) is 36.3 Å². The van der Waals surface area contributed by atoms with Crippen LogP contribution in [0.5, 0.6) is 0 Å². The fraction of sp³-hybridized carbons (Fsp3) is 0.429. The van der Waals surface area contributed by atoms with Crippen molar-refractivity contribution in [1.82, 2.24) is 15.2 Å². The average Bonchev–Trinajstić information content (AvgIpc) is 2.38. The van der Waals surface area contributed by atoms with Crippen molar-refractivity contribution in [2.24, 2.45) is 0 Å². The van der Waals surface area contributed by atoms with Crippen LogP contribution in [-0.2, 0) is 6.42 Å². The molecule has 0 radical (unpaired) electrons. The SMILES string of the molecule is CCN(CCc1ccncc1)C(=O)NC=C(C)C. The molecule has 4 nitrogen and oxygen atoms in total. The van der Waals surface area contributed by atoms with Gasteiger partial charge in [0.05, 0.1) is 0 Å². The predicted molar refractivity (Wildman–Crippen MR) is 73.2 cm³/mol. The van der Waals surface area contributed by atoms with Crippen LogP contribution in [0.3, 0.4) is 0 Å². The molecule has 2 amide bonds. The first-order valence-electron chi connectivity index (χ1n) is 6.21. The summed E-state index contributed by atoms with van der Waals surface area (Å²) in [5.74, 6) is 0. The van der Waals surface area contributed by atoms with E-state index < -0.39 is 0 Å². The molecule has 0 aliphatic heterocycles. The third-order valence-corrected chi connectivity index (χ3v) is 2.57. The van der Waals surface area contributed by atoms with Crippen LogP contribution in [0.4, 0.5) is 4.79 Å². The maximum absolute atomic E-state index is 11.9. The number of rotatable bonds is 5. The van der Waals surface area contributed by atoms with Gasteiger partial charge in [-0.15, -0.1) is 0 Å². The number of aromatic nitrogens is 1. The van der Waals surface area contributed by atoms with Gasteiger partial charge in [0.1, 0.15) is 0 Å². The number of nitrogens with zero attached hydrogens (tertiary/aromatic N) is 2. The minimum Gasteiger partial charge on any atom is -0.324 e. The van der Waals surface area contributed by atoms with Gasteiger partial charge >= 0.3 is 6.03 Å². The van der Waals surface area contributed by atoms with Gasteiger partial charge in [0.2, 0.25) is 0 Å². The van der Waals surface area contributed by atoms with E-state index in [0.717, 1.165) is 12.0 Å². The zero-order valence-corrected chi connectivity index (χ0v) is 11.3. The normalized spacial score (nSPS) is 9.72. The summed E-state index contributed by atoms with van der Waals surface area (Å²) in [6.45, 7) is 7.30. The van der Waals surface area contributed by atoms with Crippen molar-refractivity contribution in [2.75, 3.05) is 13.1 Å². The number of carbonyl (C=O) groups excluding carboxylic acids is 1. The molecule has 0 atom stereocenters. The van der Waals surface area contributed by atoms with Gasteiger partial charge in [-0.2, -0.15) is 0 Å². The Balaban J connectivity index is 2.47. The molecule has 0 saturated carbocycles. The molecule has 1 rings (SSSR count). The number of hydrogen-bond acceptors (Lipinski definition) is 2. The number of urea groups is 1. The van der Waals surface area contributed by atoms with Crippen molar-refractivity contribution < 1.29 is 4.79 Å². The first-order valence-corrected chi connectivity index (χ1v) is 6.21. The Labute approximate surface area is 109 Å². The van der Waals surface area contributed by atoms with Crippen LogP contribution in [-0.4, -0.2) is 29.0 Å². The number of allylic oxidation sites excluding steroid dienone is 1. The number of amides is 2. The molecular weight excluding hydrogens is 226 g/mol. The Morgan fingerprint density at radius 3 is 2.61 bits per heavy atom.